The normalized spacial score (nSPS) is 11.9. The third kappa shape index (κ3) is 3.41. The van der Waals surface area contributed by atoms with Crippen LogP contribution in [0.5, 0.6) is 0 Å². The summed E-state index contributed by atoms with van der Waals surface area (Å²) in [6.45, 7) is 0. The Morgan fingerprint density at radius 1 is 1.13 bits per heavy atom. The van der Waals surface area contributed by atoms with Crippen LogP contribution in [0.25, 0.3) is 11.4 Å². The van der Waals surface area contributed by atoms with Crippen molar-refractivity contribution in [3.63, 3.8) is 0 Å². The minimum atomic E-state index is -0.659. The highest BCUT2D eigenvalue weighted by Gasteiger charge is 2.19. The summed E-state index contributed by atoms with van der Waals surface area (Å²) < 4.78 is 5.31. The van der Waals surface area contributed by atoms with Crippen molar-refractivity contribution in [1.29, 1.82) is 0 Å². The molecule has 0 aliphatic carbocycles. The second-order valence-corrected chi connectivity index (χ2v) is 4.83. The molecule has 3 aromatic rings. The number of rotatable bonds is 5. The number of benzene rings is 2. The van der Waals surface area contributed by atoms with E-state index in [0.29, 0.717) is 11.5 Å². The summed E-state index contributed by atoms with van der Waals surface area (Å²) >= 11 is 0. The Hall–Kier alpha value is -3.06. The van der Waals surface area contributed by atoms with E-state index in [0.717, 1.165) is 11.1 Å². The number of amides is 1. The van der Waals surface area contributed by atoms with Crippen LogP contribution in [-0.4, -0.2) is 33.6 Å². The van der Waals surface area contributed by atoms with E-state index in [1.807, 2.05) is 42.5 Å². The Morgan fingerprint density at radius 2 is 1.87 bits per heavy atom. The van der Waals surface area contributed by atoms with Gasteiger partial charge in [-0.25, -0.2) is 0 Å². The molecule has 0 bridgehead atoms. The summed E-state index contributed by atoms with van der Waals surface area (Å²) in [5.41, 5.74) is 2.28. The predicted molar refractivity (Wildman–Crippen MR) is 84.4 cm³/mol. The fourth-order valence-electron chi connectivity index (χ4n) is 2.22. The van der Waals surface area contributed by atoms with Gasteiger partial charge in [-0.05, 0) is 35.0 Å². The molecule has 7 nitrogen and oxygen atoms in total. The number of ether oxygens (including phenoxy) is 1. The number of hydrogen-bond donors (Lipinski definition) is 2. The molecular formula is C16H15N5O2. The SMILES string of the molecule is COC(C(=O)Nc1ccc(-c2nn[nH]n2)cc1)c1ccccc1. The maximum absolute atomic E-state index is 12.4. The minimum Gasteiger partial charge on any atom is -0.367 e. The Morgan fingerprint density at radius 3 is 2.48 bits per heavy atom. The second kappa shape index (κ2) is 6.80. The van der Waals surface area contributed by atoms with Gasteiger partial charge in [-0.3, -0.25) is 4.79 Å². The summed E-state index contributed by atoms with van der Waals surface area (Å²) in [5, 5.41) is 16.6. The van der Waals surface area contributed by atoms with Crippen molar-refractivity contribution >= 4 is 11.6 Å². The average Bonchev–Trinajstić information content (AvgIpc) is 3.12. The first-order valence-electron chi connectivity index (χ1n) is 7.00. The van der Waals surface area contributed by atoms with E-state index in [1.165, 1.54) is 7.11 Å². The molecule has 23 heavy (non-hydrogen) atoms. The number of anilines is 1. The maximum atomic E-state index is 12.4. The molecule has 1 heterocycles. The molecule has 0 aliphatic heterocycles. The molecule has 0 spiro atoms. The number of aromatic nitrogens is 4. The van der Waals surface area contributed by atoms with Crippen molar-refractivity contribution in [1.82, 2.24) is 20.6 Å². The number of hydrogen-bond acceptors (Lipinski definition) is 5. The lowest BCUT2D eigenvalue weighted by molar-refractivity contribution is -0.126. The second-order valence-electron chi connectivity index (χ2n) is 4.83. The predicted octanol–water partition coefficient (Wildman–Crippen LogP) is 2.19. The quantitative estimate of drug-likeness (QED) is 0.753. The molecular weight excluding hydrogens is 294 g/mol. The molecule has 2 N–H and O–H groups in total. The Bertz CT molecular complexity index is 757. The van der Waals surface area contributed by atoms with Gasteiger partial charge in [-0.15, -0.1) is 10.2 Å². The first kappa shape index (κ1) is 14.9. The summed E-state index contributed by atoms with van der Waals surface area (Å²) in [5.74, 6) is 0.271. The molecule has 0 radical (unpaired) electrons. The molecule has 1 atom stereocenters. The highest BCUT2D eigenvalue weighted by Crippen LogP contribution is 2.21. The Labute approximate surface area is 132 Å². The van der Waals surface area contributed by atoms with Gasteiger partial charge in [0.25, 0.3) is 5.91 Å². The minimum absolute atomic E-state index is 0.231. The topological polar surface area (TPSA) is 92.8 Å². The van der Waals surface area contributed by atoms with E-state index in [4.69, 9.17) is 4.74 Å². The average molecular weight is 309 g/mol. The molecule has 1 unspecified atom stereocenters. The zero-order valence-corrected chi connectivity index (χ0v) is 12.4. The van der Waals surface area contributed by atoms with Gasteiger partial charge in [0.2, 0.25) is 5.82 Å². The number of carbonyl (C=O) groups excluding carboxylic acids is 1. The molecule has 0 saturated carbocycles. The van der Waals surface area contributed by atoms with E-state index in [2.05, 4.69) is 25.9 Å². The van der Waals surface area contributed by atoms with Crippen LogP contribution in [0.1, 0.15) is 11.7 Å². The number of carbonyl (C=O) groups is 1. The number of aromatic amines is 1. The maximum Gasteiger partial charge on any atom is 0.258 e. The van der Waals surface area contributed by atoms with Gasteiger partial charge in [0.05, 0.1) is 0 Å². The van der Waals surface area contributed by atoms with Gasteiger partial charge in [0, 0.05) is 18.4 Å². The number of nitrogens with zero attached hydrogens (tertiary/aromatic N) is 3. The molecule has 0 saturated heterocycles. The van der Waals surface area contributed by atoms with Crippen LogP contribution in [0.4, 0.5) is 5.69 Å². The van der Waals surface area contributed by atoms with Crippen LogP contribution in [0.3, 0.4) is 0 Å². The van der Waals surface area contributed by atoms with Crippen LogP contribution in [0.2, 0.25) is 0 Å². The zero-order chi connectivity index (χ0) is 16.1. The van der Waals surface area contributed by atoms with E-state index >= 15 is 0 Å². The number of nitrogens with one attached hydrogen (secondary N) is 2. The molecule has 7 heteroatoms. The summed E-state index contributed by atoms with van der Waals surface area (Å²) in [7, 11) is 1.51. The standard InChI is InChI=1S/C16H15N5O2/c1-23-14(11-5-3-2-4-6-11)16(22)17-13-9-7-12(8-10-13)15-18-20-21-19-15/h2-10,14H,1H3,(H,17,22)(H,18,19,20,21). The van der Waals surface area contributed by atoms with Crippen LogP contribution in [-0.2, 0) is 9.53 Å². The lowest BCUT2D eigenvalue weighted by atomic mass is 10.1. The summed E-state index contributed by atoms with van der Waals surface area (Å²) in [4.78, 5) is 12.4. The van der Waals surface area contributed by atoms with Crippen LogP contribution in [0, 0.1) is 0 Å². The zero-order valence-electron chi connectivity index (χ0n) is 12.4. The van der Waals surface area contributed by atoms with E-state index in [9.17, 15) is 4.79 Å². The fourth-order valence-corrected chi connectivity index (χ4v) is 2.22. The van der Waals surface area contributed by atoms with Gasteiger partial charge in [-0.1, -0.05) is 30.3 Å². The smallest absolute Gasteiger partial charge is 0.258 e. The molecule has 2 aromatic carbocycles. The largest absolute Gasteiger partial charge is 0.367 e. The first-order valence-corrected chi connectivity index (χ1v) is 7.00. The van der Waals surface area contributed by atoms with Crippen molar-refractivity contribution in [3.8, 4) is 11.4 Å². The lowest BCUT2D eigenvalue weighted by Gasteiger charge is -2.15. The Balaban J connectivity index is 1.72. The van der Waals surface area contributed by atoms with Gasteiger partial charge in [0.15, 0.2) is 6.10 Å². The fraction of sp³-hybridized carbons (Fsp3) is 0.125. The number of tetrazole rings is 1. The van der Waals surface area contributed by atoms with Gasteiger partial charge in [-0.2, -0.15) is 5.21 Å². The van der Waals surface area contributed by atoms with Gasteiger partial charge in [0.1, 0.15) is 0 Å². The van der Waals surface area contributed by atoms with Crippen molar-refractivity contribution in [2.24, 2.45) is 0 Å². The van der Waals surface area contributed by atoms with Crippen LogP contribution >= 0.6 is 0 Å². The van der Waals surface area contributed by atoms with E-state index in [1.54, 1.807) is 12.1 Å². The third-order valence-electron chi connectivity index (χ3n) is 3.33. The highest BCUT2D eigenvalue weighted by molar-refractivity contribution is 5.95. The van der Waals surface area contributed by atoms with E-state index < -0.39 is 6.10 Å². The third-order valence-corrected chi connectivity index (χ3v) is 3.33. The van der Waals surface area contributed by atoms with Crippen LogP contribution in [0.15, 0.2) is 54.6 Å². The van der Waals surface area contributed by atoms with Crippen molar-refractivity contribution in [3.05, 3.63) is 60.2 Å². The van der Waals surface area contributed by atoms with Gasteiger partial charge >= 0.3 is 0 Å². The van der Waals surface area contributed by atoms with Gasteiger partial charge < -0.3 is 10.1 Å². The number of H-pyrrole nitrogens is 1. The lowest BCUT2D eigenvalue weighted by Crippen LogP contribution is -2.22. The molecule has 1 amide bonds. The monoisotopic (exact) mass is 309 g/mol. The highest BCUT2D eigenvalue weighted by atomic mass is 16.5. The summed E-state index contributed by atoms with van der Waals surface area (Å²) in [6.07, 6.45) is -0.659. The van der Waals surface area contributed by atoms with Crippen LogP contribution < -0.4 is 5.32 Å². The molecule has 0 fully saturated rings. The summed E-state index contributed by atoms with van der Waals surface area (Å²) in [6, 6.07) is 16.5. The number of methoxy groups -OCH3 is 1. The molecule has 1 aromatic heterocycles. The van der Waals surface area contributed by atoms with E-state index in [-0.39, 0.29) is 5.91 Å². The molecule has 3 rings (SSSR count). The first-order chi connectivity index (χ1) is 11.3. The van der Waals surface area contributed by atoms with Crippen molar-refractivity contribution in [2.45, 2.75) is 6.10 Å². The van der Waals surface area contributed by atoms with Crippen molar-refractivity contribution in [2.75, 3.05) is 12.4 Å². The molecule has 116 valence electrons. The Kier molecular flexibility index (Phi) is 4.39. The molecule has 0 aliphatic rings. The van der Waals surface area contributed by atoms with Crippen molar-refractivity contribution < 1.29 is 9.53 Å².